The lowest BCUT2D eigenvalue weighted by Crippen LogP contribution is -2.30. The van der Waals surface area contributed by atoms with E-state index >= 15 is 0 Å². The van der Waals surface area contributed by atoms with Gasteiger partial charge in [0.25, 0.3) is 0 Å². The minimum absolute atomic E-state index is 0.121. The van der Waals surface area contributed by atoms with Gasteiger partial charge < -0.3 is 4.74 Å². The zero-order chi connectivity index (χ0) is 10.8. The zero-order valence-corrected chi connectivity index (χ0v) is 8.63. The molecule has 1 aliphatic heterocycles. The van der Waals surface area contributed by atoms with E-state index in [0.29, 0.717) is 0 Å². The van der Waals surface area contributed by atoms with E-state index in [1.807, 2.05) is 19.9 Å². The lowest BCUT2D eigenvalue weighted by Gasteiger charge is -2.27. The summed E-state index contributed by atoms with van der Waals surface area (Å²) in [5.41, 5.74) is 1.03. The van der Waals surface area contributed by atoms with E-state index in [9.17, 15) is 4.79 Å². The first-order chi connectivity index (χ1) is 6.50. The van der Waals surface area contributed by atoms with E-state index in [4.69, 9.17) is 10.00 Å². The summed E-state index contributed by atoms with van der Waals surface area (Å²) >= 11 is 0. The Hall–Kier alpha value is -1.56. The second kappa shape index (κ2) is 3.67. The first kappa shape index (κ1) is 10.5. The Bertz CT molecular complexity index is 356. The molecule has 74 valence electrons. The second-order valence-electron chi connectivity index (χ2n) is 3.74. The molecule has 1 atom stereocenters. The van der Waals surface area contributed by atoms with Crippen LogP contribution in [0.2, 0.25) is 0 Å². The van der Waals surface area contributed by atoms with E-state index in [2.05, 4.69) is 6.07 Å². The van der Waals surface area contributed by atoms with Crippen molar-refractivity contribution >= 4 is 5.97 Å². The number of rotatable bonds is 1. The Balaban J connectivity index is 3.16. The van der Waals surface area contributed by atoms with E-state index in [1.165, 1.54) is 6.08 Å². The maximum absolute atomic E-state index is 10.9. The summed E-state index contributed by atoms with van der Waals surface area (Å²) in [4.78, 5) is 10.9. The fourth-order valence-electron chi connectivity index (χ4n) is 1.45. The van der Waals surface area contributed by atoms with Crippen LogP contribution in [0.25, 0.3) is 0 Å². The molecule has 1 unspecified atom stereocenters. The average molecular weight is 191 g/mol. The van der Waals surface area contributed by atoms with Gasteiger partial charge in [-0.1, -0.05) is 11.6 Å². The SMILES string of the molecule is CC(C)=CC1(C#N)COC(=O)C=C1C. The van der Waals surface area contributed by atoms with Crippen molar-refractivity contribution in [2.75, 3.05) is 6.61 Å². The summed E-state index contributed by atoms with van der Waals surface area (Å²) in [5, 5.41) is 9.12. The number of carbonyl (C=O) groups excluding carboxylic acids is 1. The van der Waals surface area contributed by atoms with Crippen molar-refractivity contribution in [2.24, 2.45) is 5.41 Å². The summed E-state index contributed by atoms with van der Waals surface area (Å²) in [6, 6.07) is 2.20. The van der Waals surface area contributed by atoms with Gasteiger partial charge in [-0.25, -0.2) is 4.79 Å². The summed E-state index contributed by atoms with van der Waals surface area (Å²) in [6.45, 7) is 5.74. The largest absolute Gasteiger partial charge is 0.460 e. The molecule has 0 saturated heterocycles. The van der Waals surface area contributed by atoms with Crippen LogP contribution in [0.1, 0.15) is 20.8 Å². The third-order valence-corrected chi connectivity index (χ3v) is 2.21. The van der Waals surface area contributed by atoms with Gasteiger partial charge in [-0.05, 0) is 26.3 Å². The van der Waals surface area contributed by atoms with Crippen LogP contribution in [0.5, 0.6) is 0 Å². The van der Waals surface area contributed by atoms with Gasteiger partial charge >= 0.3 is 5.97 Å². The van der Waals surface area contributed by atoms with Crippen molar-refractivity contribution in [2.45, 2.75) is 20.8 Å². The number of ether oxygens (including phenoxy) is 1. The summed E-state index contributed by atoms with van der Waals surface area (Å²) in [6.07, 6.45) is 3.22. The molecular formula is C11H13NO2. The van der Waals surface area contributed by atoms with Gasteiger partial charge in [0.1, 0.15) is 12.0 Å². The van der Waals surface area contributed by atoms with Crippen molar-refractivity contribution in [3.63, 3.8) is 0 Å². The maximum Gasteiger partial charge on any atom is 0.330 e. The molecule has 0 saturated carbocycles. The van der Waals surface area contributed by atoms with Crippen LogP contribution < -0.4 is 0 Å². The highest BCUT2D eigenvalue weighted by molar-refractivity contribution is 5.84. The number of hydrogen-bond donors (Lipinski definition) is 0. The van der Waals surface area contributed by atoms with Gasteiger partial charge in [0.2, 0.25) is 0 Å². The van der Waals surface area contributed by atoms with Crippen LogP contribution >= 0.6 is 0 Å². The Labute approximate surface area is 83.7 Å². The molecule has 0 fully saturated rings. The Morgan fingerprint density at radius 3 is 2.79 bits per heavy atom. The number of allylic oxidation sites excluding steroid dienone is 1. The van der Waals surface area contributed by atoms with Gasteiger partial charge in [0.15, 0.2) is 0 Å². The molecule has 0 spiro atoms. The number of nitrogens with zero attached hydrogens (tertiary/aromatic N) is 1. The highest BCUT2D eigenvalue weighted by Gasteiger charge is 2.35. The molecule has 1 aliphatic rings. The number of cyclic esters (lactones) is 1. The van der Waals surface area contributed by atoms with E-state index in [1.54, 1.807) is 6.92 Å². The molecule has 0 aliphatic carbocycles. The third-order valence-electron chi connectivity index (χ3n) is 2.21. The molecule has 0 bridgehead atoms. The maximum atomic E-state index is 10.9. The lowest BCUT2D eigenvalue weighted by atomic mass is 9.80. The Morgan fingerprint density at radius 1 is 1.71 bits per heavy atom. The fourth-order valence-corrected chi connectivity index (χ4v) is 1.45. The molecule has 0 aromatic carbocycles. The Morgan fingerprint density at radius 2 is 2.36 bits per heavy atom. The summed E-state index contributed by atoms with van der Waals surface area (Å²) in [7, 11) is 0. The first-order valence-electron chi connectivity index (χ1n) is 4.43. The standard InChI is InChI=1S/C11H13NO2/c1-8(2)5-11(6-12)7-14-10(13)4-9(11)3/h4-5H,7H2,1-3H3. The van der Waals surface area contributed by atoms with E-state index in [-0.39, 0.29) is 12.6 Å². The highest BCUT2D eigenvalue weighted by atomic mass is 16.5. The van der Waals surface area contributed by atoms with Crippen LogP contribution in [0.4, 0.5) is 0 Å². The summed E-state index contributed by atoms with van der Waals surface area (Å²) < 4.78 is 4.87. The topological polar surface area (TPSA) is 50.1 Å². The molecular weight excluding hydrogens is 178 g/mol. The monoisotopic (exact) mass is 191 g/mol. The molecule has 0 N–H and O–H groups in total. The molecule has 1 rings (SSSR count). The molecule has 14 heavy (non-hydrogen) atoms. The molecule has 0 aromatic rings. The normalized spacial score (nSPS) is 25.9. The molecule has 3 nitrogen and oxygen atoms in total. The zero-order valence-electron chi connectivity index (χ0n) is 8.63. The highest BCUT2D eigenvalue weighted by Crippen LogP contribution is 2.32. The number of esters is 1. The number of carbonyl (C=O) groups is 1. The second-order valence-corrected chi connectivity index (χ2v) is 3.74. The number of nitriles is 1. The van der Waals surface area contributed by atoms with Crippen molar-refractivity contribution in [1.82, 2.24) is 0 Å². The molecule has 3 heteroatoms. The predicted molar refractivity (Wildman–Crippen MR) is 52.2 cm³/mol. The molecule has 1 heterocycles. The number of hydrogen-bond acceptors (Lipinski definition) is 3. The smallest absolute Gasteiger partial charge is 0.330 e. The van der Waals surface area contributed by atoms with Crippen molar-refractivity contribution in [1.29, 1.82) is 5.26 Å². The van der Waals surface area contributed by atoms with Gasteiger partial charge in [0.05, 0.1) is 6.07 Å². The van der Waals surface area contributed by atoms with Crippen LogP contribution in [-0.2, 0) is 9.53 Å². The van der Waals surface area contributed by atoms with Crippen molar-refractivity contribution < 1.29 is 9.53 Å². The predicted octanol–water partition coefficient (Wildman–Crippen LogP) is 1.97. The molecule has 0 radical (unpaired) electrons. The lowest BCUT2D eigenvalue weighted by molar-refractivity contribution is -0.140. The van der Waals surface area contributed by atoms with Gasteiger partial charge in [-0.15, -0.1) is 0 Å². The average Bonchev–Trinajstić information content (AvgIpc) is 2.10. The van der Waals surface area contributed by atoms with Crippen molar-refractivity contribution in [3.8, 4) is 6.07 Å². The van der Waals surface area contributed by atoms with Crippen molar-refractivity contribution in [3.05, 3.63) is 23.3 Å². The van der Waals surface area contributed by atoms with Gasteiger partial charge in [-0.3, -0.25) is 0 Å². The summed E-state index contributed by atoms with van der Waals surface area (Å²) in [5.74, 6) is -0.365. The third kappa shape index (κ3) is 1.85. The van der Waals surface area contributed by atoms with E-state index in [0.717, 1.165) is 11.1 Å². The van der Waals surface area contributed by atoms with Crippen LogP contribution in [0.3, 0.4) is 0 Å². The van der Waals surface area contributed by atoms with Crippen LogP contribution in [0, 0.1) is 16.7 Å². The van der Waals surface area contributed by atoms with Gasteiger partial charge in [-0.2, -0.15) is 5.26 Å². The molecule has 0 amide bonds. The van der Waals surface area contributed by atoms with Gasteiger partial charge in [0, 0.05) is 6.08 Å². The fraction of sp³-hybridized carbons (Fsp3) is 0.455. The molecule has 0 aromatic heterocycles. The first-order valence-corrected chi connectivity index (χ1v) is 4.43. The Kier molecular flexibility index (Phi) is 2.76. The van der Waals surface area contributed by atoms with Crippen LogP contribution in [0.15, 0.2) is 23.3 Å². The minimum atomic E-state index is -0.757. The minimum Gasteiger partial charge on any atom is -0.460 e. The van der Waals surface area contributed by atoms with Crippen LogP contribution in [-0.4, -0.2) is 12.6 Å². The van der Waals surface area contributed by atoms with E-state index < -0.39 is 5.41 Å². The quantitative estimate of drug-likeness (QED) is 0.470.